The zero-order chi connectivity index (χ0) is 13.6. The van der Waals surface area contributed by atoms with E-state index >= 15 is 0 Å². The second-order valence-electron chi connectivity index (χ2n) is 4.26. The average molecular weight is 261 g/mol. The van der Waals surface area contributed by atoms with Crippen LogP contribution < -0.4 is 5.56 Å². The van der Waals surface area contributed by atoms with Crippen molar-refractivity contribution >= 4 is 10.9 Å². The predicted octanol–water partition coefficient (Wildman–Crippen LogP) is 2.30. The summed E-state index contributed by atoms with van der Waals surface area (Å²) in [6.45, 7) is 1.73. The Morgan fingerprint density at radius 3 is 2.53 bits per heavy atom. The summed E-state index contributed by atoms with van der Waals surface area (Å²) in [4.78, 5) is 14.4. The molecule has 0 spiro atoms. The molecular formula is C13H9F2N3O. The number of nitrogens with one attached hydrogen (secondary N) is 1. The monoisotopic (exact) mass is 261 g/mol. The lowest BCUT2D eigenvalue weighted by molar-refractivity contribution is 0.580. The van der Waals surface area contributed by atoms with E-state index in [1.54, 1.807) is 13.0 Å². The summed E-state index contributed by atoms with van der Waals surface area (Å²) in [5, 5.41) is 4.38. The van der Waals surface area contributed by atoms with E-state index in [1.165, 1.54) is 10.9 Å². The van der Waals surface area contributed by atoms with Crippen LogP contribution in [0.5, 0.6) is 0 Å². The van der Waals surface area contributed by atoms with Gasteiger partial charge in [-0.05, 0) is 25.1 Å². The second kappa shape index (κ2) is 4.01. The molecule has 0 saturated heterocycles. The molecule has 0 aliphatic rings. The van der Waals surface area contributed by atoms with E-state index in [1.807, 2.05) is 0 Å². The maximum atomic E-state index is 13.2. The Morgan fingerprint density at radius 1 is 1.16 bits per heavy atom. The van der Waals surface area contributed by atoms with Gasteiger partial charge in [0.2, 0.25) is 0 Å². The van der Waals surface area contributed by atoms with Gasteiger partial charge in [0.05, 0.1) is 22.8 Å². The van der Waals surface area contributed by atoms with Gasteiger partial charge in [0, 0.05) is 11.8 Å². The topological polar surface area (TPSA) is 50.7 Å². The van der Waals surface area contributed by atoms with E-state index in [0.717, 1.165) is 18.2 Å². The van der Waals surface area contributed by atoms with Crippen molar-refractivity contribution in [1.29, 1.82) is 0 Å². The van der Waals surface area contributed by atoms with Crippen molar-refractivity contribution in [2.75, 3.05) is 0 Å². The maximum Gasteiger partial charge on any atom is 0.259 e. The highest BCUT2D eigenvalue weighted by molar-refractivity contribution is 5.79. The Balaban J connectivity index is 2.34. The normalized spacial score (nSPS) is 11.1. The molecule has 0 radical (unpaired) electrons. The average Bonchev–Trinajstić information content (AvgIpc) is 2.71. The van der Waals surface area contributed by atoms with Crippen LogP contribution >= 0.6 is 0 Å². The fourth-order valence-electron chi connectivity index (χ4n) is 2.03. The number of aromatic amines is 1. The number of aromatic nitrogens is 3. The highest BCUT2D eigenvalue weighted by atomic mass is 19.1. The lowest BCUT2D eigenvalue weighted by atomic mass is 10.2. The number of hydrogen-bond donors (Lipinski definition) is 1. The van der Waals surface area contributed by atoms with Crippen molar-refractivity contribution < 1.29 is 8.78 Å². The lowest BCUT2D eigenvalue weighted by Gasteiger charge is -2.04. The quantitative estimate of drug-likeness (QED) is 0.730. The molecule has 1 aromatic carbocycles. The highest BCUT2D eigenvalue weighted by Crippen LogP contribution is 2.18. The van der Waals surface area contributed by atoms with Crippen LogP contribution in [0.2, 0.25) is 0 Å². The van der Waals surface area contributed by atoms with Crippen LogP contribution in [-0.2, 0) is 0 Å². The molecule has 0 atom stereocenters. The number of H-pyrrole nitrogens is 1. The molecule has 2 aromatic heterocycles. The molecule has 2 heterocycles. The van der Waals surface area contributed by atoms with Gasteiger partial charge in [0.1, 0.15) is 11.6 Å². The van der Waals surface area contributed by atoms with E-state index in [4.69, 9.17) is 0 Å². The Bertz CT molecular complexity index is 815. The minimum Gasteiger partial charge on any atom is -0.326 e. The maximum absolute atomic E-state index is 13.2. The number of rotatable bonds is 1. The van der Waals surface area contributed by atoms with Gasteiger partial charge in [0.15, 0.2) is 0 Å². The lowest BCUT2D eigenvalue weighted by Crippen LogP contribution is -2.07. The molecule has 4 nitrogen and oxygen atoms in total. The SMILES string of the molecule is Cc1cc2c(cnn2-c2cc(F)cc(F)c2)c(=O)[nH]1. The van der Waals surface area contributed by atoms with Crippen LogP contribution in [-0.4, -0.2) is 14.8 Å². The van der Waals surface area contributed by atoms with Gasteiger partial charge < -0.3 is 4.98 Å². The third-order valence-electron chi connectivity index (χ3n) is 2.81. The highest BCUT2D eigenvalue weighted by Gasteiger charge is 2.10. The van der Waals surface area contributed by atoms with E-state index in [2.05, 4.69) is 10.1 Å². The molecule has 1 N–H and O–H groups in total. The summed E-state index contributed by atoms with van der Waals surface area (Å²) in [7, 11) is 0. The zero-order valence-corrected chi connectivity index (χ0v) is 9.95. The van der Waals surface area contributed by atoms with Crippen LogP contribution in [0.1, 0.15) is 5.69 Å². The van der Waals surface area contributed by atoms with Gasteiger partial charge in [-0.1, -0.05) is 0 Å². The summed E-state index contributed by atoms with van der Waals surface area (Å²) in [5.74, 6) is -1.39. The number of halogens is 2. The fourth-order valence-corrected chi connectivity index (χ4v) is 2.03. The number of benzene rings is 1. The Hall–Kier alpha value is -2.50. The minimum atomic E-state index is -0.694. The molecule has 0 saturated carbocycles. The number of pyridine rings is 1. The van der Waals surface area contributed by atoms with Crippen LogP contribution in [0.4, 0.5) is 8.78 Å². The van der Waals surface area contributed by atoms with Crippen LogP contribution in [0.3, 0.4) is 0 Å². The minimum absolute atomic E-state index is 0.234. The molecule has 3 rings (SSSR count). The number of hydrogen-bond acceptors (Lipinski definition) is 2. The molecule has 0 amide bonds. The first-order valence-electron chi connectivity index (χ1n) is 5.59. The zero-order valence-electron chi connectivity index (χ0n) is 9.95. The molecule has 6 heteroatoms. The van der Waals surface area contributed by atoms with E-state index in [0.29, 0.717) is 16.6 Å². The molecule has 0 bridgehead atoms. The molecule has 0 aliphatic heterocycles. The van der Waals surface area contributed by atoms with Gasteiger partial charge in [-0.25, -0.2) is 13.5 Å². The second-order valence-corrected chi connectivity index (χ2v) is 4.26. The summed E-state index contributed by atoms with van der Waals surface area (Å²) >= 11 is 0. The first kappa shape index (κ1) is 11.6. The first-order valence-corrected chi connectivity index (χ1v) is 5.59. The number of aryl methyl sites for hydroxylation is 1. The smallest absolute Gasteiger partial charge is 0.259 e. The van der Waals surface area contributed by atoms with E-state index in [-0.39, 0.29) is 11.2 Å². The predicted molar refractivity (Wildman–Crippen MR) is 66.3 cm³/mol. The van der Waals surface area contributed by atoms with Crippen LogP contribution in [0, 0.1) is 18.6 Å². The van der Waals surface area contributed by atoms with Crippen molar-refractivity contribution in [2.24, 2.45) is 0 Å². The van der Waals surface area contributed by atoms with Crippen molar-refractivity contribution in [1.82, 2.24) is 14.8 Å². The van der Waals surface area contributed by atoms with Crippen molar-refractivity contribution in [3.05, 3.63) is 58.1 Å². The molecule has 19 heavy (non-hydrogen) atoms. The first-order chi connectivity index (χ1) is 9.04. The number of nitrogens with zero attached hydrogens (tertiary/aromatic N) is 2. The van der Waals surface area contributed by atoms with Crippen molar-refractivity contribution in [3.8, 4) is 5.69 Å². The molecule has 0 fully saturated rings. The van der Waals surface area contributed by atoms with Crippen molar-refractivity contribution in [2.45, 2.75) is 6.92 Å². The fraction of sp³-hybridized carbons (Fsp3) is 0.0769. The summed E-state index contributed by atoms with van der Waals surface area (Å²) in [5.41, 5.74) is 1.11. The van der Waals surface area contributed by atoms with Crippen LogP contribution in [0.25, 0.3) is 16.6 Å². The van der Waals surface area contributed by atoms with Gasteiger partial charge in [-0.2, -0.15) is 5.10 Å². The van der Waals surface area contributed by atoms with E-state index in [9.17, 15) is 13.6 Å². The Kier molecular flexibility index (Phi) is 2.45. The number of fused-ring (bicyclic) bond motifs is 1. The molecule has 96 valence electrons. The molecular weight excluding hydrogens is 252 g/mol. The van der Waals surface area contributed by atoms with Gasteiger partial charge in [0.25, 0.3) is 5.56 Å². The largest absolute Gasteiger partial charge is 0.326 e. The van der Waals surface area contributed by atoms with Gasteiger partial charge in [-0.3, -0.25) is 4.79 Å². The summed E-state index contributed by atoms with van der Waals surface area (Å²) in [6, 6.07) is 4.80. The Labute approximate surface area is 106 Å². The van der Waals surface area contributed by atoms with Gasteiger partial charge in [-0.15, -0.1) is 0 Å². The van der Waals surface area contributed by atoms with Gasteiger partial charge >= 0.3 is 0 Å². The molecule has 0 unspecified atom stereocenters. The van der Waals surface area contributed by atoms with Crippen molar-refractivity contribution in [3.63, 3.8) is 0 Å². The molecule has 3 aromatic rings. The Morgan fingerprint density at radius 2 is 1.84 bits per heavy atom. The summed E-state index contributed by atoms with van der Waals surface area (Å²) in [6.07, 6.45) is 1.37. The summed E-state index contributed by atoms with van der Waals surface area (Å²) < 4.78 is 27.8. The third kappa shape index (κ3) is 1.91. The van der Waals surface area contributed by atoms with Crippen LogP contribution in [0.15, 0.2) is 35.3 Å². The van der Waals surface area contributed by atoms with E-state index < -0.39 is 11.6 Å². The third-order valence-corrected chi connectivity index (χ3v) is 2.81. The molecule has 0 aliphatic carbocycles. The standard InChI is InChI=1S/C13H9F2N3O/c1-7-2-12-11(13(19)17-7)6-16-18(12)10-4-8(14)3-9(15)5-10/h2-6H,1H3,(H,17,19).